The van der Waals surface area contributed by atoms with Gasteiger partial charge < -0.3 is 15.5 Å². The van der Waals surface area contributed by atoms with E-state index >= 15 is 0 Å². The minimum atomic E-state index is -0.383. The van der Waals surface area contributed by atoms with Gasteiger partial charge in [-0.05, 0) is 25.5 Å². The highest BCUT2D eigenvalue weighted by molar-refractivity contribution is 6.00. The Labute approximate surface area is 115 Å². The van der Waals surface area contributed by atoms with E-state index in [1.54, 1.807) is 0 Å². The van der Waals surface area contributed by atoms with Gasteiger partial charge in [-0.15, -0.1) is 0 Å². The lowest BCUT2D eigenvalue weighted by Crippen LogP contribution is -2.50. The summed E-state index contributed by atoms with van der Waals surface area (Å²) < 4.78 is 0. The number of carbonyl (C=O) groups is 1. The number of nitrogens with two attached hydrogens (primary N) is 1. The van der Waals surface area contributed by atoms with Crippen molar-refractivity contribution < 1.29 is 4.79 Å². The minimum absolute atomic E-state index is 0.0463. The summed E-state index contributed by atoms with van der Waals surface area (Å²) in [7, 11) is 0. The molecule has 1 aliphatic heterocycles. The van der Waals surface area contributed by atoms with Crippen molar-refractivity contribution in [2.75, 3.05) is 29.4 Å². The van der Waals surface area contributed by atoms with E-state index in [1.807, 2.05) is 23.1 Å². The Hall–Kier alpha value is -1.55. The van der Waals surface area contributed by atoms with Gasteiger partial charge in [-0.2, -0.15) is 0 Å². The average molecular weight is 261 g/mol. The second-order valence-corrected chi connectivity index (χ2v) is 4.95. The van der Waals surface area contributed by atoms with Crippen LogP contribution >= 0.6 is 0 Å². The standard InChI is InChI=1S/C15H23N3O/c1-3-7-12(16)15(19)18-11-10-17(4-2)13-8-5-6-9-14(13)18/h5-6,8-9,12H,3-4,7,10-11,16H2,1-2H3. The van der Waals surface area contributed by atoms with Crippen molar-refractivity contribution in [1.29, 1.82) is 0 Å². The van der Waals surface area contributed by atoms with Gasteiger partial charge in [0.25, 0.3) is 0 Å². The molecule has 2 N–H and O–H groups in total. The molecule has 0 saturated heterocycles. The molecule has 0 radical (unpaired) electrons. The molecule has 0 aliphatic carbocycles. The second-order valence-electron chi connectivity index (χ2n) is 4.95. The quantitative estimate of drug-likeness (QED) is 0.901. The zero-order chi connectivity index (χ0) is 13.8. The van der Waals surface area contributed by atoms with E-state index in [1.165, 1.54) is 0 Å². The number of rotatable bonds is 4. The molecule has 4 nitrogen and oxygen atoms in total. The number of nitrogens with zero attached hydrogens (tertiary/aromatic N) is 2. The van der Waals surface area contributed by atoms with Gasteiger partial charge in [-0.3, -0.25) is 4.79 Å². The van der Waals surface area contributed by atoms with Crippen LogP contribution < -0.4 is 15.5 Å². The van der Waals surface area contributed by atoms with Crippen LogP contribution in [0.3, 0.4) is 0 Å². The Kier molecular flexibility index (Phi) is 4.43. The maximum absolute atomic E-state index is 12.4. The van der Waals surface area contributed by atoms with E-state index in [0.717, 1.165) is 43.9 Å². The Balaban J connectivity index is 2.27. The maximum Gasteiger partial charge on any atom is 0.244 e. The molecule has 1 amide bonds. The lowest BCUT2D eigenvalue weighted by molar-refractivity contribution is -0.120. The van der Waals surface area contributed by atoms with Crippen molar-refractivity contribution in [3.8, 4) is 0 Å². The highest BCUT2D eigenvalue weighted by atomic mass is 16.2. The molecule has 1 aromatic rings. The minimum Gasteiger partial charge on any atom is -0.368 e. The molecule has 104 valence electrons. The third-order valence-corrected chi connectivity index (χ3v) is 3.67. The number of benzene rings is 1. The van der Waals surface area contributed by atoms with E-state index in [2.05, 4.69) is 24.8 Å². The Morgan fingerprint density at radius 2 is 1.95 bits per heavy atom. The number of anilines is 2. The summed E-state index contributed by atoms with van der Waals surface area (Å²) >= 11 is 0. The van der Waals surface area contributed by atoms with Gasteiger partial charge >= 0.3 is 0 Å². The number of hydrogen-bond acceptors (Lipinski definition) is 3. The summed E-state index contributed by atoms with van der Waals surface area (Å²) in [4.78, 5) is 16.6. The van der Waals surface area contributed by atoms with E-state index in [-0.39, 0.29) is 11.9 Å². The van der Waals surface area contributed by atoms with E-state index in [9.17, 15) is 4.79 Å². The molecule has 2 rings (SSSR count). The largest absolute Gasteiger partial charge is 0.368 e. The first-order valence-electron chi connectivity index (χ1n) is 7.10. The highest BCUT2D eigenvalue weighted by Gasteiger charge is 2.28. The molecule has 19 heavy (non-hydrogen) atoms. The van der Waals surface area contributed by atoms with Crippen LogP contribution in [0, 0.1) is 0 Å². The van der Waals surface area contributed by atoms with E-state index < -0.39 is 0 Å². The van der Waals surface area contributed by atoms with Gasteiger partial charge in [0.05, 0.1) is 17.4 Å². The molecule has 1 atom stereocenters. The van der Waals surface area contributed by atoms with Crippen molar-refractivity contribution in [1.82, 2.24) is 0 Å². The van der Waals surface area contributed by atoms with Gasteiger partial charge in [0.1, 0.15) is 0 Å². The van der Waals surface area contributed by atoms with Crippen LogP contribution in [0.15, 0.2) is 24.3 Å². The molecule has 1 heterocycles. The Morgan fingerprint density at radius 1 is 1.26 bits per heavy atom. The number of fused-ring (bicyclic) bond motifs is 1. The van der Waals surface area contributed by atoms with Gasteiger partial charge in [-0.25, -0.2) is 0 Å². The topological polar surface area (TPSA) is 49.6 Å². The van der Waals surface area contributed by atoms with Crippen LogP contribution in [0.2, 0.25) is 0 Å². The molecule has 0 bridgehead atoms. The molecule has 0 spiro atoms. The predicted octanol–water partition coefficient (Wildman–Crippen LogP) is 1.99. The summed E-state index contributed by atoms with van der Waals surface area (Å²) in [5, 5.41) is 0. The number of hydrogen-bond donors (Lipinski definition) is 1. The Bertz CT molecular complexity index is 447. The zero-order valence-electron chi connectivity index (χ0n) is 11.8. The Morgan fingerprint density at radius 3 is 2.58 bits per heavy atom. The molecule has 1 unspecified atom stereocenters. The van der Waals surface area contributed by atoms with E-state index in [0.29, 0.717) is 0 Å². The number of likely N-dealkylation sites (N-methyl/N-ethyl adjacent to an activating group) is 1. The smallest absolute Gasteiger partial charge is 0.244 e. The van der Waals surface area contributed by atoms with Crippen LogP contribution in [0.1, 0.15) is 26.7 Å². The van der Waals surface area contributed by atoms with Crippen molar-refractivity contribution in [3.05, 3.63) is 24.3 Å². The molecular formula is C15H23N3O. The molecule has 1 aliphatic rings. The molecule has 1 aromatic carbocycles. The van der Waals surface area contributed by atoms with Gasteiger partial charge in [0.2, 0.25) is 5.91 Å². The maximum atomic E-state index is 12.4. The van der Waals surface area contributed by atoms with Crippen molar-refractivity contribution in [2.45, 2.75) is 32.7 Å². The SMILES string of the molecule is CCCC(N)C(=O)N1CCN(CC)c2ccccc21. The first-order chi connectivity index (χ1) is 9.19. The summed E-state index contributed by atoms with van der Waals surface area (Å²) in [6.07, 6.45) is 1.68. The monoisotopic (exact) mass is 261 g/mol. The molecule has 4 heteroatoms. The molecule has 0 aromatic heterocycles. The lowest BCUT2D eigenvalue weighted by Gasteiger charge is -2.38. The molecular weight excluding hydrogens is 238 g/mol. The fraction of sp³-hybridized carbons (Fsp3) is 0.533. The van der Waals surface area contributed by atoms with Crippen molar-refractivity contribution >= 4 is 17.3 Å². The second kappa shape index (κ2) is 6.06. The normalized spacial score (nSPS) is 16.2. The summed E-state index contributed by atoms with van der Waals surface area (Å²) in [6, 6.07) is 7.69. The van der Waals surface area contributed by atoms with Crippen LogP contribution in [-0.4, -0.2) is 31.6 Å². The first kappa shape index (κ1) is 13.9. The lowest BCUT2D eigenvalue weighted by atomic mass is 10.1. The van der Waals surface area contributed by atoms with Crippen LogP contribution in [0.4, 0.5) is 11.4 Å². The fourth-order valence-corrected chi connectivity index (χ4v) is 2.61. The van der Waals surface area contributed by atoms with Crippen LogP contribution in [0.25, 0.3) is 0 Å². The molecule has 0 saturated carbocycles. The van der Waals surface area contributed by atoms with Gasteiger partial charge in [-0.1, -0.05) is 25.5 Å². The number of amides is 1. The highest BCUT2D eigenvalue weighted by Crippen LogP contribution is 2.32. The number of para-hydroxylation sites is 2. The van der Waals surface area contributed by atoms with Gasteiger partial charge in [0, 0.05) is 19.6 Å². The van der Waals surface area contributed by atoms with E-state index in [4.69, 9.17) is 5.73 Å². The van der Waals surface area contributed by atoms with Crippen LogP contribution in [0.5, 0.6) is 0 Å². The first-order valence-corrected chi connectivity index (χ1v) is 7.10. The third kappa shape index (κ3) is 2.73. The zero-order valence-corrected chi connectivity index (χ0v) is 11.8. The molecule has 0 fully saturated rings. The number of carbonyl (C=O) groups excluding carboxylic acids is 1. The van der Waals surface area contributed by atoms with Crippen molar-refractivity contribution in [2.24, 2.45) is 5.73 Å². The fourth-order valence-electron chi connectivity index (χ4n) is 2.61. The predicted molar refractivity (Wildman–Crippen MR) is 79.6 cm³/mol. The summed E-state index contributed by atoms with van der Waals surface area (Å²) in [5.41, 5.74) is 8.10. The third-order valence-electron chi connectivity index (χ3n) is 3.67. The summed E-state index contributed by atoms with van der Waals surface area (Å²) in [5.74, 6) is 0.0463. The average Bonchev–Trinajstić information content (AvgIpc) is 2.45. The van der Waals surface area contributed by atoms with Gasteiger partial charge in [0.15, 0.2) is 0 Å². The van der Waals surface area contributed by atoms with Crippen molar-refractivity contribution in [3.63, 3.8) is 0 Å². The summed E-state index contributed by atoms with van der Waals surface area (Å²) in [6.45, 7) is 6.74. The van der Waals surface area contributed by atoms with Crippen LogP contribution in [-0.2, 0) is 4.79 Å².